The molecule has 1 aliphatic heterocycles. The fraction of sp³-hybridized carbons (Fsp3) is 0.857. The lowest BCUT2D eigenvalue weighted by atomic mass is 10.4. The van der Waals surface area contributed by atoms with Crippen LogP contribution in [0.25, 0.3) is 0 Å². The second-order valence-electron chi connectivity index (χ2n) is 2.51. The molecule has 0 aromatic heterocycles. The molecule has 0 bridgehead atoms. The highest BCUT2D eigenvalue weighted by atomic mass is 16.4. The Morgan fingerprint density at radius 1 is 1.25 bits per heavy atom. The van der Waals surface area contributed by atoms with E-state index in [1.54, 1.807) is 0 Å². The Hall–Kier alpha value is -0.650. The average molecular weight is 176 g/mol. The number of aliphatic hydroxyl groups excluding tert-OH is 1. The minimum atomic E-state index is -1.23. The highest BCUT2D eigenvalue weighted by Crippen LogP contribution is 1.73. The Morgan fingerprint density at radius 3 is 1.58 bits per heavy atom. The van der Waals surface area contributed by atoms with Crippen LogP contribution in [0, 0.1) is 0 Å². The maximum absolute atomic E-state index is 9.45. The summed E-state index contributed by atoms with van der Waals surface area (Å²) in [4.78, 5) is 9.45. The molecule has 1 aliphatic rings. The van der Waals surface area contributed by atoms with Crippen molar-refractivity contribution >= 4 is 5.97 Å². The number of piperazine rings is 1. The molecule has 1 saturated heterocycles. The Kier molecular flexibility index (Phi) is 6.64. The van der Waals surface area contributed by atoms with Crippen molar-refractivity contribution < 1.29 is 15.0 Å². The van der Waals surface area contributed by atoms with Crippen molar-refractivity contribution in [3.8, 4) is 0 Å². The molecule has 0 amide bonds. The molecular formula is C7H16N2O3. The van der Waals surface area contributed by atoms with E-state index in [2.05, 4.69) is 10.6 Å². The molecule has 4 N–H and O–H groups in total. The molecule has 1 atom stereocenters. The van der Waals surface area contributed by atoms with Gasteiger partial charge in [0.1, 0.15) is 6.10 Å². The molecule has 1 unspecified atom stereocenters. The summed E-state index contributed by atoms with van der Waals surface area (Å²) in [7, 11) is 0. The summed E-state index contributed by atoms with van der Waals surface area (Å²) in [5, 5.41) is 22.2. The average Bonchev–Trinajstić information content (AvgIpc) is 2.08. The minimum absolute atomic E-state index is 1.14. The van der Waals surface area contributed by atoms with Crippen molar-refractivity contribution in [1.29, 1.82) is 0 Å². The predicted molar refractivity (Wildman–Crippen MR) is 45.1 cm³/mol. The van der Waals surface area contributed by atoms with Crippen LogP contribution in [0.3, 0.4) is 0 Å². The van der Waals surface area contributed by atoms with Gasteiger partial charge in [-0.05, 0) is 6.92 Å². The highest BCUT2D eigenvalue weighted by Gasteiger charge is 2.01. The zero-order chi connectivity index (χ0) is 9.40. The second-order valence-corrected chi connectivity index (χ2v) is 2.51. The van der Waals surface area contributed by atoms with Crippen LogP contribution in [0.2, 0.25) is 0 Å². The third kappa shape index (κ3) is 7.46. The second kappa shape index (κ2) is 7.02. The standard InChI is InChI=1S/C4H10N2.C3H6O3/c1-2-6-4-3-5-1;1-2(4)3(5)6/h5-6H,1-4H2;2,4H,1H3,(H,5,6). The van der Waals surface area contributed by atoms with Gasteiger partial charge in [-0.15, -0.1) is 0 Å². The van der Waals surface area contributed by atoms with E-state index in [0.717, 1.165) is 26.2 Å². The van der Waals surface area contributed by atoms with Gasteiger partial charge in [0.05, 0.1) is 0 Å². The van der Waals surface area contributed by atoms with Crippen molar-refractivity contribution in [2.24, 2.45) is 0 Å². The number of aliphatic hydroxyl groups is 1. The normalized spacial score (nSPS) is 18.8. The van der Waals surface area contributed by atoms with Crippen LogP contribution in [0.1, 0.15) is 6.92 Å². The minimum Gasteiger partial charge on any atom is -0.479 e. The number of hydrogen-bond donors (Lipinski definition) is 4. The topological polar surface area (TPSA) is 81.6 Å². The van der Waals surface area contributed by atoms with Gasteiger partial charge in [0, 0.05) is 26.2 Å². The number of aliphatic carboxylic acids is 1. The van der Waals surface area contributed by atoms with Gasteiger partial charge in [-0.3, -0.25) is 0 Å². The Balaban J connectivity index is 0.000000202. The quantitative estimate of drug-likeness (QED) is 0.396. The van der Waals surface area contributed by atoms with E-state index in [4.69, 9.17) is 10.2 Å². The van der Waals surface area contributed by atoms with E-state index in [1.807, 2.05) is 0 Å². The van der Waals surface area contributed by atoms with Gasteiger partial charge in [-0.25, -0.2) is 4.79 Å². The molecule has 0 spiro atoms. The first-order chi connectivity index (χ1) is 5.64. The Morgan fingerprint density at radius 2 is 1.50 bits per heavy atom. The molecule has 0 saturated carbocycles. The molecule has 0 aromatic carbocycles. The van der Waals surface area contributed by atoms with Crippen molar-refractivity contribution in [1.82, 2.24) is 10.6 Å². The molecule has 0 aliphatic carbocycles. The van der Waals surface area contributed by atoms with Crippen LogP contribution in [0.15, 0.2) is 0 Å². The number of carboxylic acid groups (broad SMARTS) is 1. The summed E-state index contributed by atoms with van der Waals surface area (Å²) >= 11 is 0. The van der Waals surface area contributed by atoms with Gasteiger partial charge >= 0.3 is 5.97 Å². The summed E-state index contributed by atoms with van der Waals surface area (Å²) in [5.74, 6) is -1.19. The molecule has 0 aromatic rings. The van der Waals surface area contributed by atoms with E-state index < -0.39 is 12.1 Å². The number of rotatable bonds is 1. The SMILES string of the molecule is C1CNCCN1.CC(O)C(=O)O. The molecule has 0 radical (unpaired) electrons. The van der Waals surface area contributed by atoms with Gasteiger partial charge in [0.2, 0.25) is 0 Å². The molecule has 5 heteroatoms. The van der Waals surface area contributed by atoms with Gasteiger partial charge in [-0.1, -0.05) is 0 Å². The molecule has 72 valence electrons. The van der Waals surface area contributed by atoms with Gasteiger partial charge in [0.15, 0.2) is 0 Å². The number of carboxylic acids is 1. The maximum atomic E-state index is 9.45. The summed E-state index contributed by atoms with van der Waals surface area (Å²) in [6, 6.07) is 0. The first-order valence-corrected chi connectivity index (χ1v) is 3.97. The molecule has 5 nitrogen and oxygen atoms in total. The molecule has 1 fully saturated rings. The number of hydrogen-bond acceptors (Lipinski definition) is 4. The summed E-state index contributed by atoms with van der Waals surface area (Å²) in [6.07, 6.45) is -1.23. The lowest BCUT2D eigenvalue weighted by Gasteiger charge is -2.11. The smallest absolute Gasteiger partial charge is 0.332 e. The van der Waals surface area contributed by atoms with E-state index in [1.165, 1.54) is 6.92 Å². The molecular weight excluding hydrogens is 160 g/mol. The Bertz CT molecular complexity index is 112. The molecule has 12 heavy (non-hydrogen) atoms. The van der Waals surface area contributed by atoms with Crippen LogP contribution >= 0.6 is 0 Å². The highest BCUT2D eigenvalue weighted by molar-refractivity contribution is 5.71. The zero-order valence-electron chi connectivity index (χ0n) is 7.21. The van der Waals surface area contributed by atoms with Crippen LogP contribution in [-0.4, -0.2) is 48.5 Å². The van der Waals surface area contributed by atoms with Gasteiger partial charge < -0.3 is 20.8 Å². The molecule has 1 rings (SSSR count). The first kappa shape index (κ1) is 11.4. The third-order valence-electron chi connectivity index (χ3n) is 1.31. The van der Waals surface area contributed by atoms with E-state index in [0.29, 0.717) is 0 Å². The summed E-state index contributed by atoms with van der Waals surface area (Å²) in [6.45, 7) is 5.75. The molecule has 1 heterocycles. The number of carbonyl (C=O) groups is 1. The largest absolute Gasteiger partial charge is 0.479 e. The van der Waals surface area contributed by atoms with Crippen LogP contribution in [-0.2, 0) is 4.79 Å². The van der Waals surface area contributed by atoms with Crippen molar-refractivity contribution in [3.05, 3.63) is 0 Å². The third-order valence-corrected chi connectivity index (χ3v) is 1.31. The fourth-order valence-electron chi connectivity index (χ4n) is 0.604. The van der Waals surface area contributed by atoms with E-state index in [9.17, 15) is 4.79 Å². The van der Waals surface area contributed by atoms with Crippen LogP contribution < -0.4 is 10.6 Å². The van der Waals surface area contributed by atoms with E-state index in [-0.39, 0.29) is 0 Å². The van der Waals surface area contributed by atoms with Gasteiger partial charge in [-0.2, -0.15) is 0 Å². The summed E-state index contributed by atoms with van der Waals surface area (Å²) in [5.41, 5.74) is 0. The monoisotopic (exact) mass is 176 g/mol. The first-order valence-electron chi connectivity index (χ1n) is 3.97. The van der Waals surface area contributed by atoms with Crippen LogP contribution in [0.5, 0.6) is 0 Å². The lowest BCUT2D eigenvalue weighted by molar-refractivity contribution is -0.145. The predicted octanol–water partition coefficient (Wildman–Crippen LogP) is -1.37. The Labute approximate surface area is 71.8 Å². The van der Waals surface area contributed by atoms with Gasteiger partial charge in [0.25, 0.3) is 0 Å². The van der Waals surface area contributed by atoms with E-state index >= 15 is 0 Å². The van der Waals surface area contributed by atoms with Crippen molar-refractivity contribution in [2.75, 3.05) is 26.2 Å². The van der Waals surface area contributed by atoms with Crippen molar-refractivity contribution in [2.45, 2.75) is 13.0 Å². The fourth-order valence-corrected chi connectivity index (χ4v) is 0.604. The van der Waals surface area contributed by atoms with Crippen molar-refractivity contribution in [3.63, 3.8) is 0 Å². The lowest BCUT2D eigenvalue weighted by Crippen LogP contribution is -2.39. The maximum Gasteiger partial charge on any atom is 0.332 e. The summed E-state index contributed by atoms with van der Waals surface area (Å²) < 4.78 is 0. The number of nitrogens with one attached hydrogen (secondary N) is 2. The van der Waals surface area contributed by atoms with Crippen LogP contribution in [0.4, 0.5) is 0 Å². The zero-order valence-corrected chi connectivity index (χ0v) is 7.21.